The molecule has 0 aliphatic heterocycles. The van der Waals surface area contributed by atoms with Crippen molar-refractivity contribution in [1.29, 1.82) is 0 Å². The van der Waals surface area contributed by atoms with Crippen LogP contribution in [0.1, 0.15) is 17.3 Å². The summed E-state index contributed by atoms with van der Waals surface area (Å²) < 4.78 is 37.5. The molecule has 0 aliphatic carbocycles. The van der Waals surface area contributed by atoms with E-state index in [2.05, 4.69) is 5.32 Å². The minimum atomic E-state index is -4.89. The predicted octanol–water partition coefficient (Wildman–Crippen LogP) is 1.37. The lowest BCUT2D eigenvalue weighted by Gasteiger charge is -2.03. The van der Waals surface area contributed by atoms with Gasteiger partial charge in [-0.05, 0) is 13.0 Å². The molecule has 0 saturated heterocycles. The van der Waals surface area contributed by atoms with Crippen molar-refractivity contribution in [3.8, 4) is 0 Å². The number of carbonyl (C=O) groups excluding carboxylic acids is 2. The van der Waals surface area contributed by atoms with Crippen LogP contribution in [0.3, 0.4) is 0 Å². The Balaban J connectivity index is 2.72. The predicted molar refractivity (Wildman–Crippen MR) is 53.5 cm³/mol. The topological polar surface area (TPSA) is 51.1 Å². The lowest BCUT2D eigenvalue weighted by molar-refractivity contribution is -0.121. The molecular formula is C10H11F3N2O2. The number of amides is 1. The van der Waals surface area contributed by atoms with Gasteiger partial charge in [-0.25, -0.2) is 0 Å². The van der Waals surface area contributed by atoms with Crippen LogP contribution in [0.2, 0.25) is 0 Å². The van der Waals surface area contributed by atoms with Crippen LogP contribution in [0.5, 0.6) is 0 Å². The SMILES string of the molecule is CCNC(=O)Cn1ccc(C(=O)C(F)(F)F)c1. The number of nitrogens with zero attached hydrogens (tertiary/aromatic N) is 1. The van der Waals surface area contributed by atoms with Gasteiger partial charge in [0.2, 0.25) is 5.91 Å². The van der Waals surface area contributed by atoms with E-state index in [1.165, 1.54) is 10.8 Å². The lowest BCUT2D eigenvalue weighted by atomic mass is 10.2. The van der Waals surface area contributed by atoms with Crippen LogP contribution in [0, 0.1) is 0 Å². The number of Topliss-reactive ketones (excluding diaryl/α,β-unsaturated/α-hetero) is 1. The summed E-state index contributed by atoms with van der Waals surface area (Å²) in [6, 6.07) is 1.04. The number of rotatable bonds is 4. The summed E-state index contributed by atoms with van der Waals surface area (Å²) in [7, 11) is 0. The van der Waals surface area contributed by atoms with Gasteiger partial charge in [0.1, 0.15) is 6.54 Å². The quantitative estimate of drug-likeness (QED) is 0.818. The number of halogens is 3. The molecule has 0 radical (unpaired) electrons. The van der Waals surface area contributed by atoms with Gasteiger partial charge in [-0.1, -0.05) is 0 Å². The highest BCUT2D eigenvalue weighted by Gasteiger charge is 2.39. The maximum atomic E-state index is 12.1. The molecule has 1 aromatic rings. The Hall–Kier alpha value is -1.79. The molecule has 17 heavy (non-hydrogen) atoms. The summed E-state index contributed by atoms with van der Waals surface area (Å²) in [6.45, 7) is 2.06. The Morgan fingerprint density at radius 1 is 1.41 bits per heavy atom. The molecule has 0 aromatic carbocycles. The second kappa shape index (κ2) is 5.03. The van der Waals surface area contributed by atoms with Crippen LogP contribution >= 0.6 is 0 Å². The van der Waals surface area contributed by atoms with Crippen molar-refractivity contribution >= 4 is 11.7 Å². The minimum absolute atomic E-state index is 0.112. The Bertz CT molecular complexity index is 423. The van der Waals surface area contributed by atoms with E-state index in [4.69, 9.17) is 0 Å². The van der Waals surface area contributed by atoms with Gasteiger partial charge in [0.25, 0.3) is 5.78 Å². The summed E-state index contributed by atoms with van der Waals surface area (Å²) in [5, 5.41) is 2.50. The smallest absolute Gasteiger partial charge is 0.355 e. The third-order valence-electron chi connectivity index (χ3n) is 1.97. The summed E-state index contributed by atoms with van der Waals surface area (Å²) in [5.74, 6) is -2.23. The van der Waals surface area contributed by atoms with Crippen molar-refractivity contribution in [3.63, 3.8) is 0 Å². The number of hydrogen-bond donors (Lipinski definition) is 1. The molecule has 0 spiro atoms. The standard InChI is InChI=1S/C10H11F3N2O2/c1-2-14-8(16)6-15-4-3-7(5-15)9(17)10(11,12)13/h3-5H,2,6H2,1H3,(H,14,16). The van der Waals surface area contributed by atoms with E-state index < -0.39 is 17.5 Å². The van der Waals surface area contributed by atoms with Crippen LogP contribution in [0.15, 0.2) is 18.5 Å². The molecule has 0 bridgehead atoms. The Labute approximate surface area is 95.4 Å². The van der Waals surface area contributed by atoms with Crippen molar-refractivity contribution in [3.05, 3.63) is 24.0 Å². The highest BCUT2D eigenvalue weighted by atomic mass is 19.4. The maximum absolute atomic E-state index is 12.1. The lowest BCUT2D eigenvalue weighted by Crippen LogP contribution is -2.26. The molecule has 1 N–H and O–H groups in total. The van der Waals surface area contributed by atoms with Crippen molar-refractivity contribution in [1.82, 2.24) is 9.88 Å². The zero-order valence-electron chi connectivity index (χ0n) is 9.04. The second-order valence-electron chi connectivity index (χ2n) is 3.35. The number of aromatic nitrogens is 1. The van der Waals surface area contributed by atoms with Gasteiger partial charge in [-0.3, -0.25) is 9.59 Å². The summed E-state index contributed by atoms with van der Waals surface area (Å²) in [4.78, 5) is 22.0. The minimum Gasteiger partial charge on any atom is -0.355 e. The molecule has 1 rings (SSSR count). The molecule has 94 valence electrons. The van der Waals surface area contributed by atoms with E-state index in [0.29, 0.717) is 6.54 Å². The van der Waals surface area contributed by atoms with E-state index in [0.717, 1.165) is 12.3 Å². The molecule has 0 saturated carbocycles. The largest absolute Gasteiger partial charge is 0.454 e. The van der Waals surface area contributed by atoms with E-state index >= 15 is 0 Å². The molecule has 0 atom stereocenters. The monoisotopic (exact) mass is 248 g/mol. The molecule has 1 amide bonds. The third-order valence-corrected chi connectivity index (χ3v) is 1.97. The van der Waals surface area contributed by atoms with Crippen molar-refractivity contribution in [2.45, 2.75) is 19.6 Å². The Kier molecular flexibility index (Phi) is 3.93. The number of alkyl halides is 3. The molecule has 1 heterocycles. The van der Waals surface area contributed by atoms with E-state index in [1.807, 2.05) is 0 Å². The van der Waals surface area contributed by atoms with Crippen LogP contribution in [0.4, 0.5) is 13.2 Å². The first-order valence-electron chi connectivity index (χ1n) is 4.88. The van der Waals surface area contributed by atoms with Gasteiger partial charge in [0.15, 0.2) is 0 Å². The average molecular weight is 248 g/mol. The third kappa shape index (κ3) is 3.61. The van der Waals surface area contributed by atoms with Crippen LogP contribution < -0.4 is 5.32 Å². The van der Waals surface area contributed by atoms with E-state index in [-0.39, 0.29) is 12.5 Å². The number of carbonyl (C=O) groups is 2. The first-order valence-corrected chi connectivity index (χ1v) is 4.88. The van der Waals surface area contributed by atoms with Gasteiger partial charge >= 0.3 is 6.18 Å². The normalized spacial score (nSPS) is 11.3. The fraction of sp³-hybridized carbons (Fsp3) is 0.400. The van der Waals surface area contributed by atoms with Crippen LogP contribution in [0.25, 0.3) is 0 Å². The zero-order chi connectivity index (χ0) is 13.1. The molecule has 4 nitrogen and oxygen atoms in total. The first kappa shape index (κ1) is 13.3. The molecule has 7 heteroatoms. The Morgan fingerprint density at radius 3 is 2.59 bits per heavy atom. The van der Waals surface area contributed by atoms with Gasteiger partial charge in [0, 0.05) is 24.5 Å². The van der Waals surface area contributed by atoms with Gasteiger partial charge in [-0.15, -0.1) is 0 Å². The van der Waals surface area contributed by atoms with Crippen molar-refractivity contribution < 1.29 is 22.8 Å². The molecule has 1 aromatic heterocycles. The molecule has 0 aliphatic rings. The zero-order valence-corrected chi connectivity index (χ0v) is 9.04. The van der Waals surface area contributed by atoms with E-state index in [1.54, 1.807) is 6.92 Å². The highest BCUT2D eigenvalue weighted by molar-refractivity contribution is 6.00. The van der Waals surface area contributed by atoms with Gasteiger partial charge in [-0.2, -0.15) is 13.2 Å². The highest BCUT2D eigenvalue weighted by Crippen LogP contribution is 2.21. The van der Waals surface area contributed by atoms with Crippen LogP contribution in [-0.2, 0) is 11.3 Å². The Morgan fingerprint density at radius 2 is 2.06 bits per heavy atom. The van der Waals surface area contributed by atoms with E-state index in [9.17, 15) is 22.8 Å². The summed E-state index contributed by atoms with van der Waals surface area (Å²) >= 11 is 0. The second-order valence-corrected chi connectivity index (χ2v) is 3.35. The summed E-state index contributed by atoms with van der Waals surface area (Å²) in [5.41, 5.74) is -0.471. The number of nitrogens with one attached hydrogen (secondary N) is 1. The summed E-state index contributed by atoms with van der Waals surface area (Å²) in [6.07, 6.45) is -2.63. The number of hydrogen-bond acceptors (Lipinski definition) is 2. The first-order chi connectivity index (χ1) is 7.84. The maximum Gasteiger partial charge on any atom is 0.454 e. The van der Waals surface area contributed by atoms with Crippen molar-refractivity contribution in [2.75, 3.05) is 6.54 Å². The molecular weight excluding hydrogens is 237 g/mol. The van der Waals surface area contributed by atoms with Gasteiger partial charge in [0.05, 0.1) is 0 Å². The van der Waals surface area contributed by atoms with Crippen molar-refractivity contribution in [2.24, 2.45) is 0 Å². The van der Waals surface area contributed by atoms with Gasteiger partial charge < -0.3 is 9.88 Å². The molecule has 0 unspecified atom stereocenters. The number of likely N-dealkylation sites (N-methyl/N-ethyl adjacent to an activating group) is 1. The number of ketones is 1. The fourth-order valence-corrected chi connectivity index (χ4v) is 1.26. The molecule has 0 fully saturated rings. The fourth-order valence-electron chi connectivity index (χ4n) is 1.26. The average Bonchev–Trinajstić information content (AvgIpc) is 2.63. The van der Waals surface area contributed by atoms with Crippen LogP contribution in [-0.4, -0.2) is 29.0 Å².